The third kappa shape index (κ3) is 0.526. The maximum Gasteiger partial charge on any atom is 0.0419 e. The molecule has 30 valence electrons. The van der Waals surface area contributed by atoms with Crippen LogP contribution in [0.2, 0.25) is 0 Å². The molecule has 1 rings (SSSR count). The van der Waals surface area contributed by atoms with Crippen LogP contribution in [0, 0.1) is 12.0 Å². The highest BCUT2D eigenvalue weighted by Gasteiger charge is 1.72. The topological polar surface area (TPSA) is 12.0 Å². The molecule has 0 unspecified atom stereocenters. The Bertz CT molecular complexity index is 114. The molecule has 1 heterocycles. The molecule has 0 saturated heterocycles. The summed E-state index contributed by atoms with van der Waals surface area (Å²) in [5.74, 6) is 2.74. The molecule has 0 spiro atoms. The van der Waals surface area contributed by atoms with Gasteiger partial charge in [-0.1, -0.05) is 12.0 Å². The highest BCUT2D eigenvalue weighted by molar-refractivity contribution is 5.18. The summed E-state index contributed by atoms with van der Waals surface area (Å²) in [6.45, 7) is 0.896. The summed E-state index contributed by atoms with van der Waals surface area (Å²) in [5.41, 5.74) is 0. The van der Waals surface area contributed by atoms with Crippen LogP contribution < -0.4 is 5.32 Å². The average molecular weight is 79.1 g/mol. The van der Waals surface area contributed by atoms with Gasteiger partial charge in [0.15, 0.2) is 0 Å². The number of hydrogen-bond donors (Lipinski definition) is 1. The first kappa shape index (κ1) is 3.30. The molecule has 6 heavy (non-hydrogen) atoms. The zero-order valence-electron chi connectivity index (χ0n) is 3.36. The maximum atomic E-state index is 2.84. The van der Waals surface area contributed by atoms with Gasteiger partial charge in [0.1, 0.15) is 0 Å². The summed E-state index contributed by atoms with van der Waals surface area (Å²) in [6, 6.07) is 2.70. The molecule has 1 aliphatic rings. The molecule has 0 aromatic rings. The average Bonchev–Trinajstić information content (AvgIpc) is 1.72. The predicted molar refractivity (Wildman–Crippen MR) is 24.9 cm³/mol. The lowest BCUT2D eigenvalue weighted by molar-refractivity contribution is 1.02. The van der Waals surface area contributed by atoms with E-state index in [2.05, 4.69) is 17.3 Å². The van der Waals surface area contributed by atoms with Crippen LogP contribution in [-0.4, -0.2) is 6.54 Å². The smallest absolute Gasteiger partial charge is 0.0419 e. The molecule has 0 aromatic carbocycles. The molecular weight excluding hydrogens is 74.1 g/mol. The van der Waals surface area contributed by atoms with Crippen LogP contribution in [0.5, 0.6) is 0 Å². The fourth-order valence-corrected chi connectivity index (χ4v) is 0.321. The Morgan fingerprint density at radius 1 is 1.67 bits per heavy atom. The molecule has 0 radical (unpaired) electrons. The van der Waals surface area contributed by atoms with Crippen LogP contribution in [-0.2, 0) is 0 Å². The normalized spacial score (nSPS) is 14.7. The summed E-state index contributed by atoms with van der Waals surface area (Å²) < 4.78 is 0. The summed E-state index contributed by atoms with van der Waals surface area (Å²) in [5, 5.41) is 2.84. The van der Waals surface area contributed by atoms with Crippen molar-refractivity contribution in [3.63, 3.8) is 0 Å². The van der Waals surface area contributed by atoms with Crippen molar-refractivity contribution in [3.8, 4) is 12.0 Å². The van der Waals surface area contributed by atoms with Gasteiger partial charge in [0.05, 0.1) is 0 Å². The zero-order chi connectivity index (χ0) is 4.24. The van der Waals surface area contributed by atoms with E-state index in [1.54, 1.807) is 0 Å². The first-order valence-electron chi connectivity index (χ1n) is 1.88. The third-order valence-electron chi connectivity index (χ3n) is 0.582. The molecule has 0 bridgehead atoms. The SMILES string of the molecule is C1#CNCC=C1. The fraction of sp³-hybridized carbons (Fsp3) is 0.200. The van der Waals surface area contributed by atoms with Gasteiger partial charge in [-0.2, -0.15) is 0 Å². The summed E-state index contributed by atoms with van der Waals surface area (Å²) >= 11 is 0. The Balaban J connectivity index is 2.58. The van der Waals surface area contributed by atoms with Gasteiger partial charge in [0.2, 0.25) is 0 Å². The lowest BCUT2D eigenvalue weighted by Crippen LogP contribution is -2.05. The molecule has 1 nitrogen and oxygen atoms in total. The first-order chi connectivity index (χ1) is 3.00. The number of nitrogens with one attached hydrogen (secondary N) is 1. The Hall–Kier alpha value is -0.900. The zero-order valence-corrected chi connectivity index (χ0v) is 3.36. The van der Waals surface area contributed by atoms with E-state index >= 15 is 0 Å². The van der Waals surface area contributed by atoms with Crippen molar-refractivity contribution in [1.82, 2.24) is 5.32 Å². The molecule has 0 saturated carbocycles. The summed E-state index contributed by atoms with van der Waals surface area (Å²) in [7, 11) is 0. The Morgan fingerprint density at radius 2 is 2.67 bits per heavy atom. The van der Waals surface area contributed by atoms with E-state index in [9.17, 15) is 0 Å². The van der Waals surface area contributed by atoms with Crippen molar-refractivity contribution in [2.75, 3.05) is 6.54 Å². The lowest BCUT2D eigenvalue weighted by Gasteiger charge is -1.89. The van der Waals surface area contributed by atoms with Crippen LogP contribution in [0.3, 0.4) is 0 Å². The number of allylic oxidation sites excluding steroid dienone is 1. The van der Waals surface area contributed by atoms with Crippen molar-refractivity contribution < 1.29 is 0 Å². The standard InChI is InChI=1S/C5H5N/c1-2-4-6-5-3-1/h1-2,6H,4H2. The molecule has 1 heteroatoms. The van der Waals surface area contributed by atoms with Crippen molar-refractivity contribution >= 4 is 0 Å². The molecule has 1 aliphatic heterocycles. The van der Waals surface area contributed by atoms with Gasteiger partial charge in [-0.25, -0.2) is 0 Å². The molecule has 0 atom stereocenters. The Kier molecular flexibility index (Phi) is 0.832. The van der Waals surface area contributed by atoms with Crippen LogP contribution in [0.25, 0.3) is 0 Å². The molecule has 0 amide bonds. The molecule has 1 N–H and O–H groups in total. The maximum absolute atomic E-state index is 2.84. The van der Waals surface area contributed by atoms with E-state index in [1.165, 1.54) is 0 Å². The van der Waals surface area contributed by atoms with E-state index < -0.39 is 0 Å². The van der Waals surface area contributed by atoms with Crippen LogP contribution in [0.4, 0.5) is 0 Å². The third-order valence-corrected chi connectivity index (χ3v) is 0.582. The van der Waals surface area contributed by atoms with Crippen molar-refractivity contribution in [1.29, 1.82) is 0 Å². The van der Waals surface area contributed by atoms with E-state index in [1.807, 2.05) is 12.2 Å². The second-order valence-electron chi connectivity index (χ2n) is 1.05. The highest BCUT2D eigenvalue weighted by atomic mass is 14.8. The lowest BCUT2D eigenvalue weighted by atomic mass is 10.4. The van der Waals surface area contributed by atoms with Crippen molar-refractivity contribution in [2.24, 2.45) is 0 Å². The number of rotatable bonds is 0. The van der Waals surface area contributed by atoms with Gasteiger partial charge in [-0.15, -0.1) is 0 Å². The van der Waals surface area contributed by atoms with Gasteiger partial charge < -0.3 is 5.32 Å². The fourth-order valence-electron chi connectivity index (χ4n) is 0.321. The molecular formula is C5H5N. The minimum absolute atomic E-state index is 0.896. The van der Waals surface area contributed by atoms with E-state index in [0.717, 1.165) is 6.54 Å². The van der Waals surface area contributed by atoms with E-state index in [-0.39, 0.29) is 0 Å². The van der Waals surface area contributed by atoms with Crippen LogP contribution >= 0.6 is 0 Å². The van der Waals surface area contributed by atoms with Crippen LogP contribution in [0.1, 0.15) is 0 Å². The Morgan fingerprint density at radius 3 is 2.83 bits per heavy atom. The predicted octanol–water partition coefficient (Wildman–Crippen LogP) is 0.107. The number of hydrogen-bond acceptors (Lipinski definition) is 1. The summed E-state index contributed by atoms with van der Waals surface area (Å²) in [4.78, 5) is 0. The van der Waals surface area contributed by atoms with Gasteiger partial charge in [0.25, 0.3) is 0 Å². The van der Waals surface area contributed by atoms with E-state index in [4.69, 9.17) is 0 Å². The van der Waals surface area contributed by atoms with Crippen LogP contribution in [0.15, 0.2) is 12.2 Å². The summed E-state index contributed by atoms with van der Waals surface area (Å²) in [6.07, 6.45) is 3.83. The van der Waals surface area contributed by atoms with Gasteiger partial charge in [-0.3, -0.25) is 0 Å². The van der Waals surface area contributed by atoms with Gasteiger partial charge in [-0.05, 0) is 6.08 Å². The van der Waals surface area contributed by atoms with E-state index in [0.29, 0.717) is 0 Å². The van der Waals surface area contributed by atoms with Crippen molar-refractivity contribution in [2.45, 2.75) is 0 Å². The first-order valence-corrected chi connectivity index (χ1v) is 1.88. The monoisotopic (exact) mass is 79.0 g/mol. The minimum Gasteiger partial charge on any atom is -0.342 e. The quantitative estimate of drug-likeness (QED) is 0.406. The van der Waals surface area contributed by atoms with Gasteiger partial charge >= 0.3 is 0 Å². The highest BCUT2D eigenvalue weighted by Crippen LogP contribution is 1.70. The second-order valence-corrected chi connectivity index (χ2v) is 1.05. The Labute approximate surface area is 37.1 Å². The molecule has 0 aromatic heterocycles. The molecule has 0 fully saturated rings. The second kappa shape index (κ2) is 1.51. The van der Waals surface area contributed by atoms with Gasteiger partial charge in [0, 0.05) is 12.6 Å². The largest absolute Gasteiger partial charge is 0.342 e. The minimum atomic E-state index is 0.896. The molecule has 0 aliphatic carbocycles. The van der Waals surface area contributed by atoms with Crippen molar-refractivity contribution in [3.05, 3.63) is 12.2 Å².